The van der Waals surface area contributed by atoms with Crippen LogP contribution in [0, 0.1) is 0 Å². The van der Waals surface area contributed by atoms with Crippen molar-refractivity contribution in [2.45, 2.75) is 37.6 Å². The van der Waals surface area contributed by atoms with E-state index < -0.39 is 24.0 Å². The number of anilines is 2. The van der Waals surface area contributed by atoms with Crippen LogP contribution in [0.5, 0.6) is 0 Å². The van der Waals surface area contributed by atoms with Crippen LogP contribution in [0.1, 0.15) is 18.7 Å². The van der Waals surface area contributed by atoms with Crippen LogP contribution in [0.4, 0.5) is 11.8 Å². The Morgan fingerprint density at radius 3 is 2.93 bits per heavy atom. The van der Waals surface area contributed by atoms with E-state index in [1.54, 1.807) is 10.9 Å². The minimum absolute atomic E-state index is 0.216. The van der Waals surface area contributed by atoms with Gasteiger partial charge in [-0.05, 0) is 12.5 Å². The number of fused-ring (bicyclic) bond motifs is 3. The molecule has 0 saturated carbocycles. The van der Waals surface area contributed by atoms with E-state index in [0.717, 1.165) is 5.56 Å². The molecule has 4 heterocycles. The third kappa shape index (κ3) is 3.00. The van der Waals surface area contributed by atoms with Gasteiger partial charge in [0.15, 0.2) is 17.7 Å². The van der Waals surface area contributed by atoms with Gasteiger partial charge in [0.25, 0.3) is 0 Å². The first-order valence-electron chi connectivity index (χ1n) is 9.95. The molecule has 4 atom stereocenters. The molecule has 2 aromatic heterocycles. The fraction of sp³-hybridized carbons (Fsp3) is 0.450. The summed E-state index contributed by atoms with van der Waals surface area (Å²) < 4.78 is 20.2. The maximum Gasteiger partial charge on any atom is 0.226 e. The molecule has 0 aliphatic carbocycles. The molecule has 0 radical (unpaired) electrons. The molecular weight excluding hydrogens is 388 g/mol. The molecule has 0 unspecified atom stereocenters. The molecule has 5 rings (SSSR count). The number of nitrogens with zero attached hydrogens (tertiary/aromatic N) is 4. The van der Waals surface area contributed by atoms with Crippen LogP contribution in [0.2, 0.25) is 0 Å². The van der Waals surface area contributed by atoms with Crippen molar-refractivity contribution in [2.24, 2.45) is 0 Å². The molecule has 0 amide bonds. The first-order valence-corrected chi connectivity index (χ1v) is 9.95. The van der Waals surface area contributed by atoms with E-state index in [1.807, 2.05) is 37.3 Å². The highest BCUT2D eigenvalue weighted by atomic mass is 16.7. The van der Waals surface area contributed by atoms with E-state index in [4.69, 9.17) is 19.9 Å². The number of benzene rings is 1. The number of aliphatic hydroxyl groups excluding tert-OH is 1. The van der Waals surface area contributed by atoms with Gasteiger partial charge in [0.2, 0.25) is 5.95 Å². The molecule has 3 aromatic rings. The topological polar surface area (TPSA) is 130 Å². The van der Waals surface area contributed by atoms with Crippen LogP contribution >= 0.6 is 0 Å². The van der Waals surface area contributed by atoms with E-state index in [2.05, 4.69) is 20.3 Å². The van der Waals surface area contributed by atoms with Crippen molar-refractivity contribution in [2.75, 3.05) is 30.8 Å². The van der Waals surface area contributed by atoms with E-state index in [-0.39, 0.29) is 19.0 Å². The molecule has 2 saturated heterocycles. The van der Waals surface area contributed by atoms with Crippen molar-refractivity contribution < 1.29 is 19.3 Å². The van der Waals surface area contributed by atoms with Crippen molar-refractivity contribution in [1.82, 2.24) is 19.5 Å². The second kappa shape index (κ2) is 7.47. The van der Waals surface area contributed by atoms with Crippen LogP contribution in [0.25, 0.3) is 11.2 Å². The number of hydrogen-bond acceptors (Lipinski definition) is 9. The zero-order chi connectivity index (χ0) is 20.7. The van der Waals surface area contributed by atoms with E-state index in [0.29, 0.717) is 30.3 Å². The predicted octanol–water partition coefficient (Wildman–Crippen LogP) is 1.08. The summed E-state index contributed by atoms with van der Waals surface area (Å²) in [6.07, 6.45) is 0.203. The molecule has 2 aliphatic heterocycles. The van der Waals surface area contributed by atoms with Crippen LogP contribution < -0.4 is 11.1 Å². The minimum Gasteiger partial charge on any atom is -0.393 e. The summed E-state index contributed by atoms with van der Waals surface area (Å²) in [6, 6.07) is 9.87. The average molecular weight is 412 g/mol. The Morgan fingerprint density at radius 1 is 1.33 bits per heavy atom. The summed E-state index contributed by atoms with van der Waals surface area (Å²) in [5.41, 5.74) is 7.19. The minimum atomic E-state index is -0.941. The first kappa shape index (κ1) is 19.2. The van der Waals surface area contributed by atoms with Gasteiger partial charge in [0.1, 0.15) is 23.3 Å². The summed E-state index contributed by atoms with van der Waals surface area (Å²) in [5.74, 6) is 0.703. The monoisotopic (exact) mass is 412 g/mol. The maximum absolute atomic E-state index is 10.1. The maximum atomic E-state index is 10.1. The molecule has 158 valence electrons. The highest BCUT2D eigenvalue weighted by molar-refractivity contribution is 5.83. The lowest BCUT2D eigenvalue weighted by atomic mass is 10.00. The zero-order valence-electron chi connectivity index (χ0n) is 16.6. The van der Waals surface area contributed by atoms with Crippen LogP contribution in [-0.2, 0) is 20.8 Å². The number of nitrogen functional groups attached to an aromatic ring is 1. The predicted molar refractivity (Wildman–Crippen MR) is 109 cm³/mol. The van der Waals surface area contributed by atoms with Gasteiger partial charge in [-0.2, -0.15) is 9.97 Å². The van der Waals surface area contributed by atoms with Gasteiger partial charge in [-0.3, -0.25) is 4.57 Å². The first-order chi connectivity index (χ1) is 14.6. The lowest BCUT2D eigenvalue weighted by molar-refractivity contribution is -0.187. The van der Waals surface area contributed by atoms with E-state index in [9.17, 15) is 5.11 Å². The van der Waals surface area contributed by atoms with Gasteiger partial charge in [-0.1, -0.05) is 30.3 Å². The lowest BCUT2D eigenvalue weighted by Gasteiger charge is -2.29. The number of nitrogens with two attached hydrogens (primary N) is 1. The fourth-order valence-corrected chi connectivity index (χ4v) is 4.10. The quantitative estimate of drug-likeness (QED) is 0.522. The molecule has 10 heteroatoms. The SMILES string of the molecule is CCNc1nc(N)c2ncn([C@@H]3O[C@@]4(CO)CO[C@@H]3[C@@H]4OCc3ccccc3)c2n1. The third-order valence-corrected chi connectivity index (χ3v) is 5.57. The standard InChI is InChI=1S/C20H24N6O4/c1-2-22-19-24-16(21)13-17(25-19)26(11-23-13)18-14-15(20(9-27,30-18)10-29-14)28-8-12-6-4-3-5-7-12/h3-7,11,14-15,18,27H,2,8-10H2,1H3,(H3,21,22,24,25)/t14-,15+,18-,20+/m1/s1. The summed E-state index contributed by atoms with van der Waals surface area (Å²) in [6.45, 7) is 3.05. The van der Waals surface area contributed by atoms with Gasteiger partial charge in [0, 0.05) is 6.54 Å². The molecule has 10 nitrogen and oxygen atoms in total. The normalized spacial score (nSPS) is 27.7. The number of ether oxygens (including phenoxy) is 3. The van der Waals surface area contributed by atoms with Crippen LogP contribution in [0.15, 0.2) is 36.7 Å². The summed E-state index contributed by atoms with van der Waals surface area (Å²) in [7, 11) is 0. The highest BCUT2D eigenvalue weighted by Gasteiger charge is 2.63. The van der Waals surface area contributed by atoms with Crippen molar-refractivity contribution >= 4 is 22.9 Å². The lowest BCUT2D eigenvalue weighted by Crippen LogP contribution is -2.45. The van der Waals surface area contributed by atoms with Gasteiger partial charge in [-0.15, -0.1) is 0 Å². The average Bonchev–Trinajstić information content (AvgIpc) is 3.43. The molecule has 30 heavy (non-hydrogen) atoms. The number of nitrogens with one attached hydrogen (secondary N) is 1. The molecule has 2 aliphatic rings. The Labute approximate surface area is 173 Å². The van der Waals surface area contributed by atoms with Crippen molar-refractivity contribution in [3.05, 3.63) is 42.2 Å². The second-order valence-corrected chi connectivity index (χ2v) is 7.51. The van der Waals surface area contributed by atoms with Crippen molar-refractivity contribution in [1.29, 1.82) is 0 Å². The summed E-state index contributed by atoms with van der Waals surface area (Å²) in [5, 5.41) is 13.2. The number of rotatable bonds is 7. The smallest absolute Gasteiger partial charge is 0.226 e. The molecule has 0 spiro atoms. The largest absolute Gasteiger partial charge is 0.393 e. The van der Waals surface area contributed by atoms with Crippen molar-refractivity contribution in [3.63, 3.8) is 0 Å². The van der Waals surface area contributed by atoms with Gasteiger partial charge in [0.05, 0.1) is 26.1 Å². The van der Waals surface area contributed by atoms with Gasteiger partial charge < -0.3 is 30.4 Å². The second-order valence-electron chi connectivity index (χ2n) is 7.51. The highest BCUT2D eigenvalue weighted by Crippen LogP contribution is 2.47. The number of hydrogen-bond donors (Lipinski definition) is 3. The molecule has 4 N–H and O–H groups in total. The summed E-state index contributed by atoms with van der Waals surface area (Å²) >= 11 is 0. The third-order valence-electron chi connectivity index (χ3n) is 5.57. The van der Waals surface area contributed by atoms with E-state index in [1.165, 1.54) is 0 Å². The molecule has 2 fully saturated rings. The Hall–Kier alpha value is -2.79. The Balaban J connectivity index is 1.46. The Morgan fingerprint density at radius 2 is 2.17 bits per heavy atom. The van der Waals surface area contributed by atoms with E-state index >= 15 is 0 Å². The zero-order valence-corrected chi connectivity index (χ0v) is 16.6. The number of aromatic nitrogens is 4. The van der Waals surface area contributed by atoms with Crippen molar-refractivity contribution in [3.8, 4) is 0 Å². The van der Waals surface area contributed by atoms with Crippen LogP contribution in [-0.4, -0.2) is 62.2 Å². The molecular formula is C20H24N6O4. The van der Waals surface area contributed by atoms with Gasteiger partial charge >= 0.3 is 0 Å². The summed E-state index contributed by atoms with van der Waals surface area (Å²) in [4.78, 5) is 13.1. The van der Waals surface area contributed by atoms with Crippen LogP contribution in [0.3, 0.4) is 0 Å². The number of imidazole rings is 1. The van der Waals surface area contributed by atoms with Gasteiger partial charge in [-0.25, -0.2) is 4.98 Å². The Bertz CT molecular complexity index is 1040. The Kier molecular flexibility index (Phi) is 4.78. The molecule has 2 bridgehead atoms. The molecule has 1 aromatic carbocycles. The fourth-order valence-electron chi connectivity index (χ4n) is 4.10. The number of aliphatic hydroxyl groups is 1.